The molecule has 0 aliphatic heterocycles. The van der Waals surface area contributed by atoms with Gasteiger partial charge in [0.05, 0.1) is 13.2 Å². The molecule has 0 aromatic heterocycles. The van der Waals surface area contributed by atoms with Crippen molar-refractivity contribution in [1.29, 1.82) is 0 Å². The van der Waals surface area contributed by atoms with Crippen molar-refractivity contribution in [1.82, 2.24) is 10.6 Å². The number of benzene rings is 1. The highest BCUT2D eigenvalue weighted by atomic mass is 16.5. The number of rotatable bonds is 5. The van der Waals surface area contributed by atoms with Crippen LogP contribution in [0.3, 0.4) is 0 Å². The normalized spacial score (nSPS) is 13.4. The lowest BCUT2D eigenvalue weighted by atomic mass is 10.0. The molecule has 0 aliphatic rings. The topological polar surface area (TPSA) is 67.4 Å². The number of carbonyl (C=O) groups is 2. The van der Waals surface area contributed by atoms with Gasteiger partial charge in [0.15, 0.2) is 0 Å². The summed E-state index contributed by atoms with van der Waals surface area (Å²) in [6.07, 6.45) is -0.605. The SMILES string of the molecule is COC(=O)NC(C(=O)NC(C)c1ccccc1)C(C)C. The summed E-state index contributed by atoms with van der Waals surface area (Å²) in [6.45, 7) is 5.64. The van der Waals surface area contributed by atoms with Crippen LogP contribution >= 0.6 is 0 Å². The van der Waals surface area contributed by atoms with Crippen LogP contribution in [0.1, 0.15) is 32.4 Å². The summed E-state index contributed by atoms with van der Waals surface area (Å²) in [4.78, 5) is 23.5. The Morgan fingerprint density at radius 1 is 1.05 bits per heavy atom. The van der Waals surface area contributed by atoms with Crippen LogP contribution in [0.4, 0.5) is 4.79 Å². The fourth-order valence-electron chi connectivity index (χ4n) is 1.85. The standard InChI is InChI=1S/C15H22N2O3/c1-10(2)13(17-15(19)20-4)14(18)16-11(3)12-8-6-5-7-9-12/h5-11,13H,1-4H3,(H,16,18)(H,17,19). The van der Waals surface area contributed by atoms with E-state index < -0.39 is 12.1 Å². The Bertz CT molecular complexity index is 446. The molecule has 0 saturated carbocycles. The third-order valence-corrected chi connectivity index (χ3v) is 3.07. The molecule has 20 heavy (non-hydrogen) atoms. The fraction of sp³-hybridized carbons (Fsp3) is 0.467. The van der Waals surface area contributed by atoms with Crippen LogP contribution in [-0.4, -0.2) is 25.2 Å². The lowest BCUT2D eigenvalue weighted by molar-refractivity contribution is -0.124. The van der Waals surface area contributed by atoms with Crippen molar-refractivity contribution in [2.45, 2.75) is 32.9 Å². The second-order valence-corrected chi connectivity index (χ2v) is 5.00. The third-order valence-electron chi connectivity index (χ3n) is 3.07. The average molecular weight is 278 g/mol. The minimum Gasteiger partial charge on any atom is -0.453 e. The summed E-state index contributed by atoms with van der Waals surface area (Å²) in [5.41, 5.74) is 1.02. The summed E-state index contributed by atoms with van der Waals surface area (Å²) >= 11 is 0. The molecule has 2 unspecified atom stereocenters. The molecule has 2 atom stereocenters. The molecule has 0 fully saturated rings. The van der Waals surface area contributed by atoms with E-state index in [1.54, 1.807) is 0 Å². The molecule has 110 valence electrons. The van der Waals surface area contributed by atoms with Crippen LogP contribution in [0, 0.1) is 5.92 Å². The first-order chi connectivity index (χ1) is 9.45. The molecule has 0 spiro atoms. The van der Waals surface area contributed by atoms with Gasteiger partial charge in [0.1, 0.15) is 6.04 Å². The van der Waals surface area contributed by atoms with Gasteiger partial charge in [-0.25, -0.2) is 4.79 Å². The Balaban J connectivity index is 2.69. The van der Waals surface area contributed by atoms with Crippen LogP contribution in [0.2, 0.25) is 0 Å². The van der Waals surface area contributed by atoms with Gasteiger partial charge in [-0.3, -0.25) is 4.79 Å². The van der Waals surface area contributed by atoms with Crippen molar-refractivity contribution in [3.63, 3.8) is 0 Å². The molecule has 1 aromatic rings. The molecule has 0 radical (unpaired) electrons. The second-order valence-electron chi connectivity index (χ2n) is 5.00. The van der Waals surface area contributed by atoms with Gasteiger partial charge in [0, 0.05) is 0 Å². The van der Waals surface area contributed by atoms with Gasteiger partial charge in [0.25, 0.3) is 0 Å². The predicted octanol–water partition coefficient (Wildman–Crippen LogP) is 2.24. The first-order valence-corrected chi connectivity index (χ1v) is 6.65. The average Bonchev–Trinajstić information content (AvgIpc) is 2.44. The lowest BCUT2D eigenvalue weighted by Gasteiger charge is -2.23. The van der Waals surface area contributed by atoms with E-state index in [0.717, 1.165) is 5.56 Å². The van der Waals surface area contributed by atoms with Crippen LogP contribution < -0.4 is 10.6 Å². The molecule has 0 heterocycles. The minimum atomic E-state index is -0.617. The zero-order chi connectivity index (χ0) is 15.1. The lowest BCUT2D eigenvalue weighted by Crippen LogP contribution is -2.50. The van der Waals surface area contributed by atoms with E-state index in [-0.39, 0.29) is 17.9 Å². The van der Waals surface area contributed by atoms with E-state index in [1.807, 2.05) is 51.1 Å². The van der Waals surface area contributed by atoms with Gasteiger partial charge in [-0.05, 0) is 18.4 Å². The minimum absolute atomic E-state index is 0.0305. The van der Waals surface area contributed by atoms with Crippen LogP contribution in [0.5, 0.6) is 0 Å². The molecule has 5 heteroatoms. The number of hydrogen-bond acceptors (Lipinski definition) is 3. The molecule has 0 aliphatic carbocycles. The van der Waals surface area contributed by atoms with E-state index in [2.05, 4.69) is 15.4 Å². The molecule has 2 N–H and O–H groups in total. The summed E-state index contributed by atoms with van der Waals surface area (Å²) < 4.78 is 4.54. The summed E-state index contributed by atoms with van der Waals surface area (Å²) in [5.74, 6) is -0.251. The molecular weight excluding hydrogens is 256 g/mol. The molecule has 5 nitrogen and oxygen atoms in total. The second kappa shape index (κ2) is 7.53. The van der Waals surface area contributed by atoms with Gasteiger partial charge in [-0.2, -0.15) is 0 Å². The zero-order valence-corrected chi connectivity index (χ0v) is 12.3. The Hall–Kier alpha value is -2.04. The number of ether oxygens (including phenoxy) is 1. The van der Waals surface area contributed by atoms with Gasteiger partial charge >= 0.3 is 6.09 Å². The zero-order valence-electron chi connectivity index (χ0n) is 12.3. The van der Waals surface area contributed by atoms with Crippen molar-refractivity contribution in [3.05, 3.63) is 35.9 Å². The van der Waals surface area contributed by atoms with Crippen molar-refractivity contribution in [2.24, 2.45) is 5.92 Å². The third kappa shape index (κ3) is 4.57. The number of hydrogen-bond donors (Lipinski definition) is 2. The van der Waals surface area contributed by atoms with Crippen LogP contribution in [-0.2, 0) is 9.53 Å². The van der Waals surface area contributed by atoms with E-state index in [4.69, 9.17) is 0 Å². The molecule has 1 rings (SSSR count). The maximum atomic E-state index is 12.2. The van der Waals surface area contributed by atoms with Gasteiger partial charge < -0.3 is 15.4 Å². The van der Waals surface area contributed by atoms with Crippen LogP contribution in [0.15, 0.2) is 30.3 Å². The highest BCUT2D eigenvalue weighted by molar-refractivity contribution is 5.86. The summed E-state index contributed by atoms with van der Waals surface area (Å²) in [7, 11) is 1.28. The van der Waals surface area contributed by atoms with E-state index in [9.17, 15) is 9.59 Å². The highest BCUT2D eigenvalue weighted by Gasteiger charge is 2.25. The molecule has 0 saturated heterocycles. The van der Waals surface area contributed by atoms with Crippen molar-refractivity contribution in [3.8, 4) is 0 Å². The quantitative estimate of drug-likeness (QED) is 0.868. The highest BCUT2D eigenvalue weighted by Crippen LogP contribution is 2.12. The smallest absolute Gasteiger partial charge is 0.407 e. The predicted molar refractivity (Wildman–Crippen MR) is 77.2 cm³/mol. The number of carbonyl (C=O) groups excluding carboxylic acids is 2. The van der Waals surface area contributed by atoms with Crippen molar-refractivity contribution >= 4 is 12.0 Å². The molecule has 2 amide bonds. The number of amides is 2. The maximum Gasteiger partial charge on any atom is 0.407 e. The molecular formula is C15H22N2O3. The molecule has 1 aromatic carbocycles. The van der Waals surface area contributed by atoms with Crippen molar-refractivity contribution < 1.29 is 14.3 Å². The summed E-state index contributed by atoms with van der Waals surface area (Å²) in [5, 5.41) is 5.45. The molecule has 0 bridgehead atoms. The Morgan fingerprint density at radius 3 is 2.15 bits per heavy atom. The number of alkyl carbamates (subject to hydrolysis) is 1. The van der Waals surface area contributed by atoms with Gasteiger partial charge in [0.2, 0.25) is 5.91 Å². The maximum absolute atomic E-state index is 12.2. The number of nitrogens with one attached hydrogen (secondary N) is 2. The fourth-order valence-corrected chi connectivity index (χ4v) is 1.85. The Morgan fingerprint density at radius 2 is 1.65 bits per heavy atom. The Kier molecular flexibility index (Phi) is 6.03. The van der Waals surface area contributed by atoms with E-state index >= 15 is 0 Å². The van der Waals surface area contributed by atoms with Gasteiger partial charge in [-0.1, -0.05) is 44.2 Å². The number of methoxy groups -OCH3 is 1. The monoisotopic (exact) mass is 278 g/mol. The first-order valence-electron chi connectivity index (χ1n) is 6.65. The van der Waals surface area contributed by atoms with Crippen molar-refractivity contribution in [2.75, 3.05) is 7.11 Å². The van der Waals surface area contributed by atoms with E-state index in [0.29, 0.717) is 0 Å². The van der Waals surface area contributed by atoms with Gasteiger partial charge in [-0.15, -0.1) is 0 Å². The van der Waals surface area contributed by atoms with Crippen LogP contribution in [0.25, 0.3) is 0 Å². The largest absolute Gasteiger partial charge is 0.453 e. The Labute approximate surface area is 119 Å². The van der Waals surface area contributed by atoms with E-state index in [1.165, 1.54) is 7.11 Å². The first kappa shape index (κ1) is 16.0. The summed E-state index contributed by atoms with van der Waals surface area (Å²) in [6, 6.07) is 8.92.